The third-order valence-corrected chi connectivity index (χ3v) is 3.32. The maximum atomic E-state index is 11.0. The van der Waals surface area contributed by atoms with E-state index in [0.717, 1.165) is 24.3 Å². The first-order valence-electron chi connectivity index (χ1n) is 8.33. The summed E-state index contributed by atoms with van der Waals surface area (Å²) in [6, 6.07) is 4.90. The molecule has 0 aliphatic carbocycles. The highest BCUT2D eigenvalue weighted by molar-refractivity contribution is 5.59. The standard InChI is InChI=1S/C12H6N4O9.C6H6O2/c17-13(18)7-1-3-11(9(5-7)15(21)22)25-12-4-2-8(14(19)20)6-10(12)16(23)24;7-5-3-1-2-4-6-8/h1-6H;7-8H,5-6H2. The van der Waals surface area contributed by atoms with Gasteiger partial charge < -0.3 is 14.9 Å². The monoisotopic (exact) mass is 460 g/mol. The van der Waals surface area contributed by atoms with E-state index in [1.807, 2.05) is 0 Å². The van der Waals surface area contributed by atoms with Crippen molar-refractivity contribution in [1.82, 2.24) is 0 Å². The molecule has 170 valence electrons. The summed E-state index contributed by atoms with van der Waals surface area (Å²) in [5, 5.41) is 59.5. The molecule has 0 radical (unpaired) electrons. The van der Waals surface area contributed by atoms with Gasteiger partial charge in [0.05, 0.1) is 31.8 Å². The number of hydrogen-bond acceptors (Lipinski definition) is 11. The van der Waals surface area contributed by atoms with E-state index in [4.69, 9.17) is 14.9 Å². The number of benzene rings is 2. The van der Waals surface area contributed by atoms with Crippen LogP contribution in [0.5, 0.6) is 11.5 Å². The lowest BCUT2D eigenvalue weighted by Crippen LogP contribution is -1.99. The molecule has 0 bridgehead atoms. The molecule has 0 aliphatic rings. The quantitative estimate of drug-likeness (QED) is 0.360. The first-order valence-corrected chi connectivity index (χ1v) is 8.33. The second-order valence-corrected chi connectivity index (χ2v) is 5.35. The Bertz CT molecular complexity index is 1110. The fraction of sp³-hybridized carbons (Fsp3) is 0.111. The van der Waals surface area contributed by atoms with E-state index < -0.39 is 53.9 Å². The Balaban J connectivity index is 0.000000582. The third kappa shape index (κ3) is 7.90. The zero-order valence-corrected chi connectivity index (χ0v) is 16.2. The van der Waals surface area contributed by atoms with Gasteiger partial charge in [-0.15, -0.1) is 0 Å². The summed E-state index contributed by atoms with van der Waals surface area (Å²) in [5.41, 5.74) is -2.72. The Morgan fingerprint density at radius 2 is 1.03 bits per heavy atom. The number of nitrogens with zero attached hydrogens (tertiary/aromatic N) is 4. The zero-order chi connectivity index (χ0) is 25.0. The molecule has 2 rings (SSSR count). The molecule has 0 saturated carbocycles. The topological polar surface area (TPSA) is 222 Å². The van der Waals surface area contributed by atoms with Gasteiger partial charge in [0, 0.05) is 12.1 Å². The van der Waals surface area contributed by atoms with Crippen molar-refractivity contribution in [3.05, 3.63) is 76.9 Å². The van der Waals surface area contributed by atoms with Crippen LogP contribution >= 0.6 is 0 Å². The molecule has 15 heteroatoms. The first-order chi connectivity index (χ1) is 15.6. The number of nitro benzene ring substituents is 4. The van der Waals surface area contributed by atoms with E-state index in [9.17, 15) is 40.5 Å². The summed E-state index contributed by atoms with van der Waals surface area (Å²) in [7, 11) is 0. The molecule has 0 fully saturated rings. The summed E-state index contributed by atoms with van der Waals surface area (Å²) in [6.07, 6.45) is 0. The fourth-order valence-corrected chi connectivity index (χ4v) is 1.98. The summed E-state index contributed by atoms with van der Waals surface area (Å²) < 4.78 is 5.10. The van der Waals surface area contributed by atoms with E-state index in [1.54, 1.807) is 0 Å². The SMILES string of the molecule is O=[N+]([O-])c1ccc(Oc2ccc([N+](=O)[O-])cc2[N+](=O)[O-])c([N+](=O)[O-])c1.OCC#CC#CCO. The minimum atomic E-state index is -0.959. The van der Waals surface area contributed by atoms with Gasteiger partial charge in [-0.25, -0.2) is 0 Å². The van der Waals surface area contributed by atoms with Crippen LogP contribution in [0, 0.1) is 64.1 Å². The molecular formula is C18H12N4O11. The summed E-state index contributed by atoms with van der Waals surface area (Å²) >= 11 is 0. The third-order valence-electron chi connectivity index (χ3n) is 3.32. The Labute approximate surface area is 183 Å². The highest BCUT2D eigenvalue weighted by atomic mass is 16.6. The fourth-order valence-electron chi connectivity index (χ4n) is 1.98. The Hall–Kier alpha value is -5.12. The molecule has 0 atom stereocenters. The van der Waals surface area contributed by atoms with E-state index >= 15 is 0 Å². The Kier molecular flexibility index (Phi) is 9.85. The zero-order valence-electron chi connectivity index (χ0n) is 16.2. The lowest BCUT2D eigenvalue weighted by Gasteiger charge is -2.06. The molecule has 2 N–H and O–H groups in total. The summed E-state index contributed by atoms with van der Waals surface area (Å²) in [4.78, 5) is 39.8. The smallest absolute Gasteiger partial charge is 0.318 e. The molecule has 2 aromatic carbocycles. The minimum Gasteiger partial charge on any atom is -0.443 e. The second kappa shape index (κ2) is 12.5. The van der Waals surface area contributed by atoms with Crippen LogP contribution in [0.3, 0.4) is 0 Å². The molecular weight excluding hydrogens is 448 g/mol. The van der Waals surface area contributed by atoms with Crippen LogP contribution in [0.2, 0.25) is 0 Å². The van der Waals surface area contributed by atoms with Crippen molar-refractivity contribution >= 4 is 22.7 Å². The van der Waals surface area contributed by atoms with Gasteiger partial charge in [0.2, 0.25) is 11.5 Å². The lowest BCUT2D eigenvalue weighted by molar-refractivity contribution is -0.395. The van der Waals surface area contributed by atoms with Crippen molar-refractivity contribution in [2.24, 2.45) is 0 Å². The molecule has 0 heterocycles. The number of non-ortho nitro benzene ring substituents is 2. The van der Waals surface area contributed by atoms with Gasteiger partial charge in [-0.3, -0.25) is 40.5 Å². The predicted molar refractivity (Wildman–Crippen MR) is 109 cm³/mol. The average molecular weight is 460 g/mol. The van der Waals surface area contributed by atoms with E-state index in [-0.39, 0.29) is 13.2 Å². The van der Waals surface area contributed by atoms with Gasteiger partial charge in [0.25, 0.3) is 11.4 Å². The molecule has 15 nitrogen and oxygen atoms in total. The Morgan fingerprint density at radius 1 is 0.667 bits per heavy atom. The van der Waals surface area contributed by atoms with Crippen LogP contribution < -0.4 is 4.74 Å². The number of rotatable bonds is 6. The Morgan fingerprint density at radius 3 is 1.30 bits per heavy atom. The summed E-state index contributed by atoms with van der Waals surface area (Å²) in [5.74, 6) is 8.25. The maximum absolute atomic E-state index is 11.0. The van der Waals surface area contributed by atoms with Crippen LogP contribution in [-0.4, -0.2) is 43.1 Å². The van der Waals surface area contributed by atoms with E-state index in [2.05, 4.69) is 23.7 Å². The van der Waals surface area contributed by atoms with Crippen molar-refractivity contribution in [3.8, 4) is 35.2 Å². The highest BCUT2D eigenvalue weighted by Crippen LogP contribution is 2.39. The lowest BCUT2D eigenvalue weighted by atomic mass is 10.2. The molecule has 0 unspecified atom stereocenters. The molecule has 2 aromatic rings. The number of aliphatic hydroxyl groups is 2. The number of nitro groups is 4. The highest BCUT2D eigenvalue weighted by Gasteiger charge is 2.26. The normalized spacial score (nSPS) is 9.03. The summed E-state index contributed by atoms with van der Waals surface area (Å²) in [6.45, 7) is -0.361. The largest absolute Gasteiger partial charge is 0.443 e. The second-order valence-electron chi connectivity index (χ2n) is 5.35. The van der Waals surface area contributed by atoms with Gasteiger partial charge in [-0.2, -0.15) is 0 Å². The first kappa shape index (κ1) is 25.9. The molecule has 0 saturated heterocycles. The van der Waals surface area contributed by atoms with Gasteiger partial charge >= 0.3 is 11.4 Å². The molecule has 0 spiro atoms. The van der Waals surface area contributed by atoms with Crippen LogP contribution in [0.1, 0.15) is 0 Å². The van der Waals surface area contributed by atoms with E-state index in [0.29, 0.717) is 12.1 Å². The molecule has 0 aromatic heterocycles. The van der Waals surface area contributed by atoms with Crippen LogP contribution in [0.4, 0.5) is 22.7 Å². The van der Waals surface area contributed by atoms with Gasteiger partial charge in [-0.05, 0) is 24.0 Å². The van der Waals surface area contributed by atoms with Crippen molar-refractivity contribution in [3.63, 3.8) is 0 Å². The number of ether oxygens (including phenoxy) is 1. The van der Waals surface area contributed by atoms with Crippen molar-refractivity contribution in [2.75, 3.05) is 13.2 Å². The van der Waals surface area contributed by atoms with E-state index in [1.165, 1.54) is 0 Å². The molecule has 33 heavy (non-hydrogen) atoms. The number of aliphatic hydroxyl groups excluding tert-OH is 2. The van der Waals surface area contributed by atoms with Crippen LogP contribution in [0.25, 0.3) is 0 Å². The average Bonchev–Trinajstić information content (AvgIpc) is 2.77. The van der Waals surface area contributed by atoms with Crippen LogP contribution in [-0.2, 0) is 0 Å². The van der Waals surface area contributed by atoms with Crippen molar-refractivity contribution in [2.45, 2.75) is 0 Å². The van der Waals surface area contributed by atoms with Crippen LogP contribution in [0.15, 0.2) is 36.4 Å². The number of hydrogen-bond donors (Lipinski definition) is 2. The maximum Gasteiger partial charge on any atom is 0.318 e. The van der Waals surface area contributed by atoms with Gasteiger partial charge in [0.15, 0.2) is 0 Å². The molecule has 0 amide bonds. The van der Waals surface area contributed by atoms with Gasteiger partial charge in [0.1, 0.15) is 13.2 Å². The molecule has 0 aliphatic heterocycles. The van der Waals surface area contributed by atoms with Crippen molar-refractivity contribution < 1.29 is 34.6 Å². The minimum absolute atomic E-state index is 0.180. The van der Waals surface area contributed by atoms with Crippen molar-refractivity contribution in [1.29, 1.82) is 0 Å². The van der Waals surface area contributed by atoms with Gasteiger partial charge in [-0.1, -0.05) is 11.8 Å². The predicted octanol–water partition coefficient (Wildman–Crippen LogP) is 2.09.